The molecule has 0 fully saturated rings. The molecule has 4 aromatic rings. The first-order valence-electron chi connectivity index (χ1n) is 13.4. The van der Waals surface area contributed by atoms with Crippen LogP contribution in [-0.2, 0) is 5.41 Å². The number of hydrogen-bond donors (Lipinski definition) is 3. The van der Waals surface area contributed by atoms with E-state index in [2.05, 4.69) is 21.5 Å². The van der Waals surface area contributed by atoms with Crippen LogP contribution in [0.5, 0.6) is 0 Å². The van der Waals surface area contributed by atoms with Gasteiger partial charge >= 0.3 is 0 Å². The summed E-state index contributed by atoms with van der Waals surface area (Å²) in [7, 11) is 1.57. The van der Waals surface area contributed by atoms with Gasteiger partial charge in [0.05, 0.1) is 11.1 Å². The van der Waals surface area contributed by atoms with Crippen molar-refractivity contribution in [2.45, 2.75) is 51.0 Å². The lowest BCUT2D eigenvalue weighted by atomic mass is 9.79. The van der Waals surface area contributed by atoms with Gasteiger partial charge in [-0.05, 0) is 68.2 Å². The van der Waals surface area contributed by atoms with E-state index in [1.807, 2.05) is 57.3 Å². The average Bonchev–Trinajstić information content (AvgIpc) is 3.62. The smallest absolute Gasteiger partial charge is 0.255 e. The quantitative estimate of drug-likeness (QED) is 0.223. The molecular formula is C33H32FN3O3. The Labute approximate surface area is 232 Å². The molecule has 1 atom stereocenters. The minimum Gasteiger partial charge on any atom is -0.459 e. The van der Waals surface area contributed by atoms with Gasteiger partial charge in [-0.3, -0.25) is 9.59 Å². The van der Waals surface area contributed by atoms with Crippen molar-refractivity contribution in [3.63, 3.8) is 0 Å². The van der Waals surface area contributed by atoms with Crippen LogP contribution in [0.4, 0.5) is 4.39 Å². The van der Waals surface area contributed by atoms with Crippen LogP contribution in [0.2, 0.25) is 0 Å². The van der Waals surface area contributed by atoms with Crippen LogP contribution in [-0.4, -0.2) is 29.4 Å². The Kier molecular flexibility index (Phi) is 6.89. The Morgan fingerprint density at radius 1 is 1.18 bits per heavy atom. The van der Waals surface area contributed by atoms with Crippen molar-refractivity contribution < 1.29 is 18.4 Å². The number of fused-ring (bicyclic) bond motifs is 3. The number of carbonyl (C=O) groups excluding carboxylic acids is 2. The zero-order valence-electron chi connectivity index (χ0n) is 23.1. The van der Waals surface area contributed by atoms with Gasteiger partial charge in [0.15, 0.2) is 0 Å². The molecule has 2 aromatic heterocycles. The SMILES string of the molecule is C#CC(CC)(CC)NC(=O)c1cccc(-c2cc3c(C(=O)NC)c(C4(C)C=CC(F)=CC4)oc3c3cc[nH]c23)c1. The second kappa shape index (κ2) is 10.2. The highest BCUT2D eigenvalue weighted by atomic mass is 19.1. The molecule has 3 N–H and O–H groups in total. The Morgan fingerprint density at radius 3 is 2.60 bits per heavy atom. The Morgan fingerprint density at radius 2 is 1.95 bits per heavy atom. The molecule has 1 unspecified atom stereocenters. The van der Waals surface area contributed by atoms with E-state index in [1.165, 1.54) is 12.2 Å². The minimum atomic E-state index is -0.712. The number of aromatic amines is 1. The molecule has 0 aliphatic heterocycles. The van der Waals surface area contributed by atoms with Crippen LogP contribution < -0.4 is 10.6 Å². The zero-order chi connectivity index (χ0) is 28.7. The molecule has 2 heterocycles. The Bertz CT molecular complexity index is 1750. The molecular weight excluding hydrogens is 505 g/mol. The van der Waals surface area contributed by atoms with E-state index < -0.39 is 11.0 Å². The number of carbonyl (C=O) groups is 2. The van der Waals surface area contributed by atoms with E-state index in [-0.39, 0.29) is 17.6 Å². The fraction of sp³-hybridized carbons (Fsp3) is 0.273. The van der Waals surface area contributed by atoms with E-state index in [9.17, 15) is 14.0 Å². The number of terminal acetylenes is 1. The maximum atomic E-state index is 13.8. The van der Waals surface area contributed by atoms with Crippen molar-refractivity contribution in [1.29, 1.82) is 0 Å². The van der Waals surface area contributed by atoms with E-state index >= 15 is 0 Å². The van der Waals surface area contributed by atoms with Gasteiger partial charge in [-0.25, -0.2) is 4.39 Å². The lowest BCUT2D eigenvalue weighted by Crippen LogP contribution is -2.46. The van der Waals surface area contributed by atoms with Gasteiger partial charge in [-0.15, -0.1) is 6.42 Å². The number of furan rings is 1. The number of amides is 2. The second-order valence-electron chi connectivity index (χ2n) is 10.5. The topological polar surface area (TPSA) is 87.1 Å². The lowest BCUT2D eigenvalue weighted by molar-refractivity contribution is 0.0915. The summed E-state index contributed by atoms with van der Waals surface area (Å²) in [6, 6.07) is 11.1. The van der Waals surface area contributed by atoms with Gasteiger partial charge in [0.25, 0.3) is 11.8 Å². The largest absolute Gasteiger partial charge is 0.459 e. The van der Waals surface area contributed by atoms with Crippen molar-refractivity contribution in [1.82, 2.24) is 15.6 Å². The average molecular weight is 538 g/mol. The molecule has 1 aliphatic rings. The standard InChI is InChI=1S/C33H32FN3O3/c1-6-33(7-2,8-3)37-30(38)21-11-9-10-20(18-21)24-19-25-26(31(39)35-5)29(32(4)15-12-22(34)13-16-32)40-28(25)23-14-17-36-27(23)24/h1,9-15,17-19,36H,7-8,16H2,2-5H3,(H,35,39)(H,37,38). The summed E-state index contributed by atoms with van der Waals surface area (Å²) >= 11 is 0. The minimum absolute atomic E-state index is 0.249. The summed E-state index contributed by atoms with van der Waals surface area (Å²) in [6.07, 6.45) is 13.8. The monoisotopic (exact) mass is 537 g/mol. The van der Waals surface area contributed by atoms with Crippen molar-refractivity contribution in [2.75, 3.05) is 7.05 Å². The van der Waals surface area contributed by atoms with Crippen molar-refractivity contribution >= 4 is 33.7 Å². The molecule has 204 valence electrons. The van der Waals surface area contributed by atoms with Gasteiger partial charge < -0.3 is 20.0 Å². The van der Waals surface area contributed by atoms with Gasteiger partial charge in [0.1, 0.15) is 22.7 Å². The maximum Gasteiger partial charge on any atom is 0.255 e. The van der Waals surface area contributed by atoms with E-state index in [4.69, 9.17) is 10.8 Å². The van der Waals surface area contributed by atoms with E-state index in [1.54, 1.807) is 19.2 Å². The molecule has 2 aromatic carbocycles. The third kappa shape index (κ3) is 4.40. The fourth-order valence-electron chi connectivity index (χ4n) is 5.42. The van der Waals surface area contributed by atoms with Crippen LogP contribution in [0.1, 0.15) is 66.5 Å². The first kappa shape index (κ1) is 27.0. The molecule has 40 heavy (non-hydrogen) atoms. The molecule has 0 saturated carbocycles. The molecule has 5 rings (SSSR count). The van der Waals surface area contributed by atoms with E-state index in [0.717, 1.165) is 22.0 Å². The predicted octanol–water partition coefficient (Wildman–Crippen LogP) is 6.93. The molecule has 0 radical (unpaired) electrons. The zero-order valence-corrected chi connectivity index (χ0v) is 23.1. The third-order valence-electron chi connectivity index (χ3n) is 8.07. The Balaban J connectivity index is 1.69. The van der Waals surface area contributed by atoms with Crippen LogP contribution in [0, 0.1) is 12.3 Å². The number of halogens is 1. The van der Waals surface area contributed by atoms with E-state index in [0.29, 0.717) is 47.1 Å². The van der Waals surface area contributed by atoms with Gasteiger partial charge in [0.2, 0.25) is 0 Å². The van der Waals surface area contributed by atoms with Crippen LogP contribution in [0.15, 0.2) is 71.1 Å². The summed E-state index contributed by atoms with van der Waals surface area (Å²) in [4.78, 5) is 29.8. The molecule has 7 heteroatoms. The summed E-state index contributed by atoms with van der Waals surface area (Å²) in [5.41, 5.74) is 2.44. The summed E-state index contributed by atoms with van der Waals surface area (Å²) < 4.78 is 20.3. The molecule has 0 saturated heterocycles. The summed E-state index contributed by atoms with van der Waals surface area (Å²) in [6.45, 7) is 5.84. The van der Waals surface area contributed by atoms with Crippen LogP contribution >= 0.6 is 0 Å². The van der Waals surface area contributed by atoms with Crippen LogP contribution in [0.25, 0.3) is 33.0 Å². The highest BCUT2D eigenvalue weighted by Crippen LogP contribution is 2.44. The number of rotatable bonds is 7. The van der Waals surface area contributed by atoms with Gasteiger partial charge in [-0.2, -0.15) is 0 Å². The Hall–Kier alpha value is -4.57. The lowest BCUT2D eigenvalue weighted by Gasteiger charge is -2.27. The highest BCUT2D eigenvalue weighted by molar-refractivity contribution is 6.17. The molecule has 1 aliphatic carbocycles. The second-order valence-corrected chi connectivity index (χ2v) is 10.5. The third-order valence-corrected chi connectivity index (χ3v) is 8.07. The number of allylic oxidation sites excluding steroid dienone is 4. The molecule has 2 amide bonds. The number of hydrogen-bond acceptors (Lipinski definition) is 3. The highest BCUT2D eigenvalue weighted by Gasteiger charge is 2.36. The van der Waals surface area contributed by atoms with Crippen molar-refractivity contribution in [3.05, 3.63) is 83.5 Å². The first-order chi connectivity index (χ1) is 19.2. The summed E-state index contributed by atoms with van der Waals surface area (Å²) in [5, 5.41) is 7.20. The number of aromatic nitrogens is 1. The van der Waals surface area contributed by atoms with Gasteiger partial charge in [0, 0.05) is 40.6 Å². The summed E-state index contributed by atoms with van der Waals surface area (Å²) in [5.74, 6) is 2.36. The number of nitrogens with one attached hydrogen (secondary N) is 3. The normalized spacial score (nSPS) is 17.1. The predicted molar refractivity (Wildman–Crippen MR) is 157 cm³/mol. The maximum absolute atomic E-state index is 13.8. The number of benzene rings is 2. The van der Waals surface area contributed by atoms with Crippen LogP contribution in [0.3, 0.4) is 0 Å². The molecule has 0 spiro atoms. The van der Waals surface area contributed by atoms with Crippen molar-refractivity contribution in [3.8, 4) is 23.5 Å². The number of H-pyrrole nitrogens is 1. The fourth-order valence-corrected chi connectivity index (χ4v) is 5.42. The first-order valence-corrected chi connectivity index (χ1v) is 13.4. The van der Waals surface area contributed by atoms with Crippen molar-refractivity contribution in [2.24, 2.45) is 0 Å². The van der Waals surface area contributed by atoms with Gasteiger partial charge in [-0.1, -0.05) is 38.0 Å². The molecule has 6 nitrogen and oxygen atoms in total. The molecule has 0 bridgehead atoms.